The maximum Gasteiger partial charge on any atom is 0.255 e. The van der Waals surface area contributed by atoms with Gasteiger partial charge >= 0.3 is 0 Å². The van der Waals surface area contributed by atoms with Crippen LogP contribution in [0.1, 0.15) is 26.7 Å². The number of hydrogen-bond acceptors (Lipinski definition) is 3. The molecular weight excluding hydrogens is 252 g/mol. The van der Waals surface area contributed by atoms with Gasteiger partial charge in [0.25, 0.3) is 5.91 Å². The van der Waals surface area contributed by atoms with Crippen molar-refractivity contribution in [3.8, 4) is 0 Å². The van der Waals surface area contributed by atoms with Crippen molar-refractivity contribution in [2.75, 3.05) is 29.5 Å². The van der Waals surface area contributed by atoms with Crippen LogP contribution in [0.2, 0.25) is 0 Å². The molecule has 1 aromatic rings. The lowest BCUT2D eigenvalue weighted by Crippen LogP contribution is -2.48. The summed E-state index contributed by atoms with van der Waals surface area (Å²) in [4.78, 5) is 16.9. The second-order valence-electron chi connectivity index (χ2n) is 5.50. The number of ether oxygens (including phenoxy) is 1. The van der Waals surface area contributed by atoms with E-state index in [0.717, 1.165) is 18.8 Å². The van der Waals surface area contributed by atoms with E-state index in [4.69, 9.17) is 4.74 Å². The van der Waals surface area contributed by atoms with Crippen LogP contribution in [0.4, 0.5) is 11.4 Å². The normalized spacial score (nSPS) is 19.7. The second-order valence-corrected chi connectivity index (χ2v) is 5.50. The molecule has 0 spiro atoms. The molecule has 1 saturated carbocycles. The average molecular weight is 274 g/mol. The van der Waals surface area contributed by atoms with Crippen molar-refractivity contribution >= 4 is 17.3 Å². The third-order valence-electron chi connectivity index (χ3n) is 4.06. The molecule has 20 heavy (non-hydrogen) atoms. The van der Waals surface area contributed by atoms with Gasteiger partial charge < -0.3 is 14.5 Å². The van der Waals surface area contributed by atoms with Crippen LogP contribution in [0.15, 0.2) is 24.3 Å². The van der Waals surface area contributed by atoms with E-state index in [1.807, 2.05) is 36.9 Å². The van der Waals surface area contributed by atoms with Crippen LogP contribution < -0.4 is 9.80 Å². The summed E-state index contributed by atoms with van der Waals surface area (Å²) >= 11 is 0. The lowest BCUT2D eigenvalue weighted by molar-refractivity contribution is -0.128. The Hall–Kier alpha value is -1.55. The Morgan fingerprint density at radius 1 is 1.30 bits per heavy atom. The van der Waals surface area contributed by atoms with Gasteiger partial charge in [0.2, 0.25) is 0 Å². The number of amides is 1. The summed E-state index contributed by atoms with van der Waals surface area (Å²) in [6.07, 6.45) is 2.18. The van der Waals surface area contributed by atoms with Crippen molar-refractivity contribution in [3.05, 3.63) is 24.3 Å². The topological polar surface area (TPSA) is 32.8 Å². The van der Waals surface area contributed by atoms with E-state index >= 15 is 0 Å². The first kappa shape index (κ1) is 13.4. The SMILES string of the molecule is CCOC(C)C(=O)N1CCN(C2CC2)c2ccccc21. The molecule has 0 radical (unpaired) electrons. The quantitative estimate of drug-likeness (QED) is 0.845. The highest BCUT2D eigenvalue weighted by Gasteiger charge is 2.36. The smallest absolute Gasteiger partial charge is 0.255 e. The van der Waals surface area contributed by atoms with Crippen LogP contribution in [0.5, 0.6) is 0 Å². The zero-order chi connectivity index (χ0) is 14.1. The fourth-order valence-corrected chi connectivity index (χ4v) is 2.92. The maximum atomic E-state index is 12.5. The third kappa shape index (κ3) is 2.40. The summed E-state index contributed by atoms with van der Waals surface area (Å²) in [5.74, 6) is 0.0646. The fourth-order valence-electron chi connectivity index (χ4n) is 2.92. The van der Waals surface area contributed by atoms with Gasteiger partial charge in [-0.25, -0.2) is 0 Å². The molecule has 1 atom stereocenters. The first-order valence-corrected chi connectivity index (χ1v) is 7.51. The molecule has 0 bridgehead atoms. The minimum Gasteiger partial charge on any atom is -0.369 e. The Kier molecular flexibility index (Phi) is 3.66. The summed E-state index contributed by atoms with van der Waals surface area (Å²) < 4.78 is 5.45. The predicted molar refractivity (Wildman–Crippen MR) is 80.3 cm³/mol. The lowest BCUT2D eigenvalue weighted by Gasteiger charge is -2.38. The molecule has 1 aliphatic carbocycles. The number of benzene rings is 1. The standard InChI is InChI=1S/C16H22N2O2/c1-3-20-12(2)16(19)18-11-10-17(13-8-9-13)14-6-4-5-7-15(14)18/h4-7,12-13H,3,8-11H2,1-2H3. The van der Waals surface area contributed by atoms with E-state index in [1.165, 1.54) is 18.5 Å². The van der Waals surface area contributed by atoms with Crippen molar-refractivity contribution in [3.63, 3.8) is 0 Å². The number of fused-ring (bicyclic) bond motifs is 1. The number of para-hydroxylation sites is 2. The fraction of sp³-hybridized carbons (Fsp3) is 0.562. The minimum atomic E-state index is -0.375. The number of hydrogen-bond donors (Lipinski definition) is 0. The van der Waals surface area contributed by atoms with Crippen molar-refractivity contribution in [1.82, 2.24) is 0 Å². The minimum absolute atomic E-state index is 0.0646. The first-order valence-electron chi connectivity index (χ1n) is 7.51. The van der Waals surface area contributed by atoms with Gasteiger partial charge in [0.15, 0.2) is 0 Å². The van der Waals surface area contributed by atoms with Gasteiger partial charge in [-0.1, -0.05) is 12.1 Å². The van der Waals surface area contributed by atoms with Crippen LogP contribution in [0.3, 0.4) is 0 Å². The van der Waals surface area contributed by atoms with Crippen molar-refractivity contribution in [2.24, 2.45) is 0 Å². The van der Waals surface area contributed by atoms with Crippen LogP contribution >= 0.6 is 0 Å². The molecule has 1 amide bonds. The molecule has 1 aliphatic heterocycles. The van der Waals surface area contributed by atoms with Crippen LogP contribution in [-0.2, 0) is 9.53 Å². The molecule has 1 unspecified atom stereocenters. The zero-order valence-electron chi connectivity index (χ0n) is 12.2. The molecule has 1 fully saturated rings. The summed E-state index contributed by atoms with van der Waals surface area (Å²) in [5, 5.41) is 0. The Bertz CT molecular complexity index is 499. The molecule has 4 nitrogen and oxygen atoms in total. The molecular formula is C16H22N2O2. The number of carbonyl (C=O) groups excluding carboxylic acids is 1. The van der Waals surface area contributed by atoms with E-state index in [2.05, 4.69) is 11.0 Å². The van der Waals surface area contributed by atoms with Gasteiger partial charge in [0.1, 0.15) is 6.10 Å². The largest absolute Gasteiger partial charge is 0.369 e. The molecule has 0 saturated heterocycles. The Labute approximate surface area is 120 Å². The Morgan fingerprint density at radius 3 is 2.65 bits per heavy atom. The molecule has 2 aliphatic rings. The number of anilines is 2. The van der Waals surface area contributed by atoms with E-state index in [-0.39, 0.29) is 12.0 Å². The van der Waals surface area contributed by atoms with Crippen LogP contribution in [-0.4, -0.2) is 37.7 Å². The number of nitrogens with zero attached hydrogens (tertiary/aromatic N) is 2. The molecule has 4 heteroatoms. The summed E-state index contributed by atoms with van der Waals surface area (Å²) in [6.45, 7) is 6.00. The average Bonchev–Trinajstić information content (AvgIpc) is 3.30. The molecule has 1 aromatic carbocycles. The van der Waals surface area contributed by atoms with Gasteiger partial charge in [-0.15, -0.1) is 0 Å². The predicted octanol–water partition coefficient (Wildman–Crippen LogP) is 2.43. The summed E-state index contributed by atoms with van der Waals surface area (Å²) in [6, 6.07) is 8.89. The van der Waals surface area contributed by atoms with Gasteiger partial charge in [-0.3, -0.25) is 4.79 Å². The van der Waals surface area contributed by atoms with Gasteiger partial charge in [-0.05, 0) is 38.8 Å². The van der Waals surface area contributed by atoms with Crippen molar-refractivity contribution in [1.29, 1.82) is 0 Å². The molecule has 0 aromatic heterocycles. The van der Waals surface area contributed by atoms with Crippen molar-refractivity contribution in [2.45, 2.75) is 38.8 Å². The monoisotopic (exact) mass is 274 g/mol. The lowest BCUT2D eigenvalue weighted by atomic mass is 10.1. The summed E-state index contributed by atoms with van der Waals surface area (Å²) in [7, 11) is 0. The molecule has 108 valence electrons. The van der Waals surface area contributed by atoms with Crippen LogP contribution in [0, 0.1) is 0 Å². The van der Waals surface area contributed by atoms with E-state index in [1.54, 1.807) is 0 Å². The van der Waals surface area contributed by atoms with Crippen LogP contribution in [0.25, 0.3) is 0 Å². The zero-order valence-corrected chi connectivity index (χ0v) is 12.2. The Balaban J connectivity index is 1.86. The number of carbonyl (C=O) groups is 1. The summed E-state index contributed by atoms with van der Waals surface area (Å²) in [5.41, 5.74) is 2.22. The van der Waals surface area contributed by atoms with Crippen molar-refractivity contribution < 1.29 is 9.53 Å². The maximum absolute atomic E-state index is 12.5. The Morgan fingerprint density at radius 2 is 2.00 bits per heavy atom. The van der Waals surface area contributed by atoms with E-state index in [9.17, 15) is 4.79 Å². The first-order chi connectivity index (χ1) is 9.72. The highest BCUT2D eigenvalue weighted by Crippen LogP contribution is 2.39. The molecule has 3 rings (SSSR count). The van der Waals surface area contributed by atoms with Gasteiger partial charge in [-0.2, -0.15) is 0 Å². The van der Waals surface area contributed by atoms with Gasteiger partial charge in [0, 0.05) is 25.7 Å². The molecule has 0 N–H and O–H groups in total. The van der Waals surface area contributed by atoms with E-state index in [0.29, 0.717) is 12.6 Å². The second kappa shape index (κ2) is 5.44. The third-order valence-corrected chi connectivity index (χ3v) is 4.06. The van der Waals surface area contributed by atoms with Gasteiger partial charge in [0.05, 0.1) is 11.4 Å². The van der Waals surface area contributed by atoms with E-state index < -0.39 is 0 Å². The highest BCUT2D eigenvalue weighted by atomic mass is 16.5. The number of rotatable bonds is 4. The highest BCUT2D eigenvalue weighted by molar-refractivity contribution is 6.00. The molecule has 1 heterocycles.